The lowest BCUT2D eigenvalue weighted by molar-refractivity contribution is 0.0766. The van der Waals surface area contributed by atoms with E-state index >= 15 is 0 Å². The molecule has 2 aliphatic heterocycles. The highest BCUT2D eigenvalue weighted by Gasteiger charge is 2.32. The van der Waals surface area contributed by atoms with Crippen LogP contribution in [0.3, 0.4) is 0 Å². The van der Waals surface area contributed by atoms with Crippen molar-refractivity contribution in [3.8, 4) is 5.75 Å². The van der Waals surface area contributed by atoms with Gasteiger partial charge in [0.1, 0.15) is 12.4 Å². The van der Waals surface area contributed by atoms with Crippen molar-refractivity contribution in [2.75, 3.05) is 59.6 Å². The third-order valence-corrected chi connectivity index (χ3v) is 4.78. The fourth-order valence-corrected chi connectivity index (χ4v) is 3.45. The molecule has 2 heterocycles. The molecule has 0 bridgehead atoms. The summed E-state index contributed by atoms with van der Waals surface area (Å²) in [5, 5.41) is 3.38. The molecule has 1 atom stereocenters. The molecule has 1 amide bonds. The van der Waals surface area contributed by atoms with Gasteiger partial charge in [-0.05, 0) is 18.6 Å². The van der Waals surface area contributed by atoms with Crippen LogP contribution in [-0.4, -0.2) is 81.3 Å². The predicted octanol–water partition coefficient (Wildman–Crippen LogP) is 1.25. The number of ether oxygens (including phenoxy) is 2. The number of para-hydroxylation sites is 1. The summed E-state index contributed by atoms with van der Waals surface area (Å²) >= 11 is 0. The van der Waals surface area contributed by atoms with E-state index in [-0.39, 0.29) is 18.3 Å². The minimum absolute atomic E-state index is 0. The molecule has 0 saturated carbocycles. The van der Waals surface area contributed by atoms with Gasteiger partial charge in [0.2, 0.25) is 0 Å². The summed E-state index contributed by atoms with van der Waals surface area (Å²) in [4.78, 5) is 17.4. The molecule has 1 aromatic rings. The number of hydrogen-bond acceptors (Lipinski definition) is 5. The van der Waals surface area contributed by atoms with Crippen molar-refractivity contribution in [2.24, 2.45) is 0 Å². The van der Waals surface area contributed by atoms with Crippen molar-refractivity contribution in [2.45, 2.75) is 12.5 Å². The number of benzene rings is 1. The Balaban J connectivity index is 0.00000225. The van der Waals surface area contributed by atoms with Gasteiger partial charge in [-0.25, -0.2) is 0 Å². The van der Waals surface area contributed by atoms with Crippen molar-refractivity contribution in [3.63, 3.8) is 0 Å². The van der Waals surface area contributed by atoms with Gasteiger partial charge >= 0.3 is 0 Å². The number of halogens is 1. The Morgan fingerprint density at radius 3 is 2.72 bits per heavy atom. The Kier molecular flexibility index (Phi) is 7.96. The number of rotatable bonds is 6. The molecule has 2 saturated heterocycles. The third-order valence-electron chi connectivity index (χ3n) is 4.78. The molecular formula is C18H28ClN3O3. The molecule has 2 aliphatic rings. The van der Waals surface area contributed by atoms with Crippen LogP contribution >= 0.6 is 12.4 Å². The van der Waals surface area contributed by atoms with Crippen LogP contribution < -0.4 is 10.1 Å². The largest absolute Gasteiger partial charge is 0.490 e. The number of hydrogen-bond donors (Lipinski definition) is 1. The fourth-order valence-electron chi connectivity index (χ4n) is 3.45. The lowest BCUT2D eigenvalue weighted by Gasteiger charge is -2.32. The first-order valence-corrected chi connectivity index (χ1v) is 8.74. The van der Waals surface area contributed by atoms with Crippen LogP contribution in [0.4, 0.5) is 0 Å². The minimum Gasteiger partial charge on any atom is -0.490 e. The van der Waals surface area contributed by atoms with E-state index in [1.807, 2.05) is 29.2 Å². The number of amides is 1. The zero-order chi connectivity index (χ0) is 16.8. The maximum absolute atomic E-state index is 12.9. The number of methoxy groups -OCH3 is 1. The summed E-state index contributed by atoms with van der Waals surface area (Å²) in [6.45, 7) is 6.82. The van der Waals surface area contributed by atoms with Gasteiger partial charge in [0, 0.05) is 52.4 Å². The Hall–Kier alpha value is -1.34. The summed E-state index contributed by atoms with van der Waals surface area (Å²) in [6.07, 6.45) is 1.05. The van der Waals surface area contributed by atoms with Gasteiger partial charge in [-0.15, -0.1) is 12.4 Å². The first-order chi connectivity index (χ1) is 11.8. The normalized spacial score (nSPS) is 21.0. The smallest absolute Gasteiger partial charge is 0.257 e. The lowest BCUT2D eigenvalue weighted by Crippen LogP contribution is -2.49. The summed E-state index contributed by atoms with van der Waals surface area (Å²) in [5.74, 6) is 0.714. The van der Waals surface area contributed by atoms with Crippen LogP contribution in [0.1, 0.15) is 16.8 Å². The molecule has 1 unspecified atom stereocenters. The van der Waals surface area contributed by atoms with Gasteiger partial charge in [-0.3, -0.25) is 9.69 Å². The average molecular weight is 370 g/mol. The summed E-state index contributed by atoms with van der Waals surface area (Å²) in [7, 11) is 1.64. The zero-order valence-corrected chi connectivity index (χ0v) is 15.6. The maximum atomic E-state index is 12.9. The molecule has 25 heavy (non-hydrogen) atoms. The van der Waals surface area contributed by atoms with Gasteiger partial charge < -0.3 is 19.7 Å². The molecule has 0 spiro atoms. The van der Waals surface area contributed by atoms with Gasteiger partial charge in [-0.1, -0.05) is 12.1 Å². The van der Waals surface area contributed by atoms with Crippen molar-refractivity contribution in [3.05, 3.63) is 29.8 Å². The number of carbonyl (C=O) groups is 1. The second kappa shape index (κ2) is 9.97. The molecule has 6 nitrogen and oxygen atoms in total. The number of carbonyl (C=O) groups excluding carboxylic acids is 1. The summed E-state index contributed by atoms with van der Waals surface area (Å²) < 4.78 is 10.7. The summed E-state index contributed by atoms with van der Waals surface area (Å²) in [6, 6.07) is 7.97. The third kappa shape index (κ3) is 5.07. The first kappa shape index (κ1) is 20.0. The van der Waals surface area contributed by atoms with Crippen LogP contribution in [0.2, 0.25) is 0 Å². The van der Waals surface area contributed by atoms with Gasteiger partial charge in [0.25, 0.3) is 5.91 Å². The molecule has 1 N–H and O–H groups in total. The molecule has 0 radical (unpaired) electrons. The Bertz CT molecular complexity index is 552. The summed E-state index contributed by atoms with van der Waals surface area (Å²) in [5.41, 5.74) is 0.648. The molecule has 0 aromatic heterocycles. The van der Waals surface area contributed by atoms with Crippen LogP contribution in [0.5, 0.6) is 5.75 Å². The van der Waals surface area contributed by atoms with E-state index in [1.165, 1.54) is 0 Å². The van der Waals surface area contributed by atoms with Crippen LogP contribution in [0, 0.1) is 0 Å². The Morgan fingerprint density at radius 1 is 1.20 bits per heavy atom. The topological polar surface area (TPSA) is 54.0 Å². The molecule has 7 heteroatoms. The highest BCUT2D eigenvalue weighted by Crippen LogP contribution is 2.24. The minimum atomic E-state index is 0. The molecule has 1 aromatic carbocycles. The molecule has 140 valence electrons. The van der Waals surface area contributed by atoms with E-state index < -0.39 is 0 Å². The van der Waals surface area contributed by atoms with E-state index in [0.717, 1.165) is 45.7 Å². The van der Waals surface area contributed by atoms with Crippen LogP contribution in [-0.2, 0) is 4.74 Å². The van der Waals surface area contributed by atoms with Crippen LogP contribution in [0.15, 0.2) is 24.3 Å². The predicted molar refractivity (Wildman–Crippen MR) is 99.8 cm³/mol. The molecule has 3 rings (SSSR count). The molecule has 0 aliphatic carbocycles. The van der Waals surface area contributed by atoms with E-state index in [2.05, 4.69) is 10.2 Å². The van der Waals surface area contributed by atoms with Gasteiger partial charge in [0.05, 0.1) is 12.2 Å². The SMILES string of the molecule is COCCOc1ccccc1C(=O)N1CCC(N2CCNCC2)C1.Cl. The quantitative estimate of drug-likeness (QED) is 0.765. The Morgan fingerprint density at radius 2 is 1.96 bits per heavy atom. The highest BCUT2D eigenvalue weighted by molar-refractivity contribution is 5.97. The molecule has 2 fully saturated rings. The van der Waals surface area contributed by atoms with E-state index in [0.29, 0.717) is 30.6 Å². The number of nitrogens with one attached hydrogen (secondary N) is 1. The lowest BCUT2D eigenvalue weighted by atomic mass is 10.1. The second-order valence-corrected chi connectivity index (χ2v) is 6.32. The zero-order valence-electron chi connectivity index (χ0n) is 14.8. The average Bonchev–Trinajstić information content (AvgIpc) is 3.13. The fraction of sp³-hybridized carbons (Fsp3) is 0.611. The van der Waals surface area contributed by atoms with E-state index in [1.54, 1.807) is 7.11 Å². The van der Waals surface area contributed by atoms with E-state index in [9.17, 15) is 4.79 Å². The Labute approximate surface area is 155 Å². The van der Waals surface area contributed by atoms with Gasteiger partial charge in [0.15, 0.2) is 0 Å². The molecular weight excluding hydrogens is 342 g/mol. The van der Waals surface area contributed by atoms with Gasteiger partial charge in [-0.2, -0.15) is 0 Å². The highest BCUT2D eigenvalue weighted by atomic mass is 35.5. The standard InChI is InChI=1S/C18H27N3O3.ClH/c1-23-12-13-24-17-5-3-2-4-16(17)18(22)21-9-6-15(14-21)20-10-7-19-8-11-20;/h2-5,15,19H,6-14H2,1H3;1H. The van der Waals surface area contributed by atoms with Crippen molar-refractivity contribution in [1.29, 1.82) is 0 Å². The van der Waals surface area contributed by atoms with E-state index in [4.69, 9.17) is 9.47 Å². The number of nitrogens with zero attached hydrogens (tertiary/aromatic N) is 2. The number of piperazine rings is 1. The van der Waals surface area contributed by atoms with Crippen molar-refractivity contribution < 1.29 is 14.3 Å². The van der Waals surface area contributed by atoms with Crippen molar-refractivity contribution in [1.82, 2.24) is 15.1 Å². The van der Waals surface area contributed by atoms with Crippen molar-refractivity contribution >= 4 is 18.3 Å². The monoisotopic (exact) mass is 369 g/mol. The second-order valence-electron chi connectivity index (χ2n) is 6.32. The first-order valence-electron chi connectivity index (χ1n) is 8.74. The maximum Gasteiger partial charge on any atom is 0.257 e. The number of likely N-dealkylation sites (tertiary alicyclic amines) is 1. The van der Waals surface area contributed by atoms with Crippen LogP contribution in [0.25, 0.3) is 0 Å².